The Morgan fingerprint density at radius 1 is 1.47 bits per heavy atom. The van der Waals surface area contributed by atoms with E-state index in [4.69, 9.17) is 15.2 Å². The Morgan fingerprint density at radius 3 is 2.80 bits per heavy atom. The minimum Gasteiger partial charge on any atom is -0.481 e. The smallest absolute Gasteiger partial charge is 0.451 e. The van der Waals surface area contributed by atoms with E-state index in [9.17, 15) is 4.79 Å². The maximum absolute atomic E-state index is 10.9. The summed E-state index contributed by atoms with van der Waals surface area (Å²) in [5.41, 5.74) is 0. The molecule has 0 aromatic heterocycles. The molecule has 0 amide bonds. The van der Waals surface area contributed by atoms with Crippen molar-refractivity contribution >= 4 is 13.1 Å². The van der Waals surface area contributed by atoms with Gasteiger partial charge >= 0.3 is 13.1 Å². The van der Waals surface area contributed by atoms with Crippen LogP contribution in [0.3, 0.4) is 0 Å². The van der Waals surface area contributed by atoms with Crippen LogP contribution in [0.25, 0.3) is 0 Å². The Kier molecular flexibility index (Phi) is 5.07. The molecule has 1 aliphatic heterocycles. The minimum absolute atomic E-state index is 0.0185. The van der Waals surface area contributed by atoms with E-state index in [1.54, 1.807) is 0 Å². The Balaban J connectivity index is 2.33. The van der Waals surface area contributed by atoms with Gasteiger partial charge in [0.15, 0.2) is 0 Å². The minimum atomic E-state index is -1.28. The van der Waals surface area contributed by atoms with Gasteiger partial charge in [0.05, 0.1) is 5.92 Å². The summed E-state index contributed by atoms with van der Waals surface area (Å²) in [7, 11) is -1.28. The molecule has 15 heavy (non-hydrogen) atoms. The molecule has 0 radical (unpaired) electrons. The van der Waals surface area contributed by atoms with Crippen LogP contribution < -0.4 is 5.32 Å². The van der Waals surface area contributed by atoms with Crippen LogP contribution in [0.4, 0.5) is 0 Å². The van der Waals surface area contributed by atoms with E-state index < -0.39 is 13.1 Å². The van der Waals surface area contributed by atoms with Gasteiger partial charge in [-0.05, 0) is 32.1 Å². The van der Waals surface area contributed by atoms with Crippen molar-refractivity contribution in [3.05, 3.63) is 0 Å². The van der Waals surface area contributed by atoms with Crippen molar-refractivity contribution in [2.75, 3.05) is 6.54 Å². The molecule has 1 aliphatic rings. The van der Waals surface area contributed by atoms with Gasteiger partial charge < -0.3 is 20.5 Å². The number of carboxylic acids is 1. The van der Waals surface area contributed by atoms with Crippen LogP contribution in [0.2, 0.25) is 6.32 Å². The fraction of sp³-hybridized carbons (Fsp3) is 0.889. The van der Waals surface area contributed by atoms with Crippen molar-refractivity contribution in [3.63, 3.8) is 0 Å². The number of hydrogen-bond acceptors (Lipinski definition) is 4. The molecule has 0 bridgehead atoms. The summed E-state index contributed by atoms with van der Waals surface area (Å²) in [6.45, 7) is 0.857. The normalized spacial score (nSPS) is 26.3. The second-order valence-electron chi connectivity index (χ2n) is 4.06. The molecular weight excluding hydrogens is 197 g/mol. The van der Waals surface area contributed by atoms with E-state index in [1.807, 2.05) is 0 Å². The highest BCUT2D eigenvalue weighted by atomic mass is 16.4. The average Bonchev–Trinajstić information content (AvgIpc) is 2.17. The lowest BCUT2D eigenvalue weighted by Crippen LogP contribution is -2.44. The molecule has 86 valence electrons. The summed E-state index contributed by atoms with van der Waals surface area (Å²) in [4.78, 5) is 10.9. The molecule has 1 rings (SSSR count). The third kappa shape index (κ3) is 4.19. The van der Waals surface area contributed by atoms with Crippen molar-refractivity contribution in [1.29, 1.82) is 0 Å². The van der Waals surface area contributed by atoms with Gasteiger partial charge in [0.1, 0.15) is 0 Å². The van der Waals surface area contributed by atoms with Crippen LogP contribution in [0.1, 0.15) is 25.7 Å². The first kappa shape index (κ1) is 12.5. The lowest BCUT2D eigenvalue weighted by molar-refractivity contribution is -0.143. The highest BCUT2D eigenvalue weighted by molar-refractivity contribution is 6.40. The van der Waals surface area contributed by atoms with Gasteiger partial charge in [-0.1, -0.05) is 6.42 Å². The molecule has 2 atom stereocenters. The van der Waals surface area contributed by atoms with Gasteiger partial charge in [-0.15, -0.1) is 0 Å². The zero-order chi connectivity index (χ0) is 11.3. The fourth-order valence-electron chi connectivity index (χ4n) is 2.07. The molecule has 1 fully saturated rings. The SMILES string of the molecule is O=C(O)C1CCCNC1CCCB(O)O. The Bertz CT molecular complexity index is 212. The topological polar surface area (TPSA) is 89.8 Å². The molecule has 0 spiro atoms. The van der Waals surface area contributed by atoms with Gasteiger partial charge in [-0.25, -0.2) is 0 Å². The maximum Gasteiger partial charge on any atom is 0.451 e. The van der Waals surface area contributed by atoms with E-state index >= 15 is 0 Å². The molecule has 4 N–H and O–H groups in total. The monoisotopic (exact) mass is 215 g/mol. The van der Waals surface area contributed by atoms with Crippen LogP contribution in [-0.4, -0.2) is 40.8 Å². The number of rotatable bonds is 5. The molecule has 6 heteroatoms. The maximum atomic E-state index is 10.9. The van der Waals surface area contributed by atoms with Crippen LogP contribution in [0.15, 0.2) is 0 Å². The van der Waals surface area contributed by atoms with Gasteiger partial charge in [-0.2, -0.15) is 0 Å². The highest BCUT2D eigenvalue weighted by Gasteiger charge is 2.30. The number of carboxylic acid groups (broad SMARTS) is 1. The molecule has 0 aliphatic carbocycles. The van der Waals surface area contributed by atoms with Crippen LogP contribution in [0, 0.1) is 5.92 Å². The summed E-state index contributed by atoms with van der Waals surface area (Å²) < 4.78 is 0. The predicted octanol–water partition coefficient (Wildman–Crippen LogP) is -0.308. The highest BCUT2D eigenvalue weighted by Crippen LogP contribution is 2.21. The molecular formula is C9H18BNO4. The van der Waals surface area contributed by atoms with Crippen molar-refractivity contribution in [2.45, 2.75) is 38.0 Å². The van der Waals surface area contributed by atoms with Gasteiger partial charge in [0.25, 0.3) is 0 Å². The standard InChI is InChI=1S/C9H18BNO4/c12-9(13)7-3-2-6-11-8(7)4-1-5-10(14)15/h7-8,11,14-15H,1-6H2,(H,12,13). The van der Waals surface area contributed by atoms with Crippen molar-refractivity contribution in [2.24, 2.45) is 5.92 Å². The third-order valence-corrected chi connectivity index (χ3v) is 2.88. The van der Waals surface area contributed by atoms with Crippen LogP contribution in [0.5, 0.6) is 0 Å². The Labute approximate surface area is 89.6 Å². The zero-order valence-electron chi connectivity index (χ0n) is 8.72. The fourth-order valence-corrected chi connectivity index (χ4v) is 2.07. The second-order valence-corrected chi connectivity index (χ2v) is 4.06. The molecule has 5 nitrogen and oxygen atoms in total. The molecule has 0 saturated carbocycles. The summed E-state index contributed by atoms with van der Waals surface area (Å²) >= 11 is 0. The molecule has 0 aromatic rings. The van der Waals surface area contributed by atoms with Gasteiger partial charge in [0, 0.05) is 6.04 Å². The predicted molar refractivity (Wildman–Crippen MR) is 56.4 cm³/mol. The average molecular weight is 215 g/mol. The van der Waals surface area contributed by atoms with E-state index in [-0.39, 0.29) is 12.0 Å². The quantitative estimate of drug-likeness (QED) is 0.472. The number of aliphatic carboxylic acids is 1. The summed E-state index contributed by atoms with van der Waals surface area (Å²) in [6.07, 6.45) is 3.25. The Hall–Kier alpha value is -0.585. The van der Waals surface area contributed by atoms with Gasteiger partial charge in [-0.3, -0.25) is 4.79 Å². The molecule has 1 heterocycles. The van der Waals surface area contributed by atoms with Crippen LogP contribution >= 0.6 is 0 Å². The third-order valence-electron chi connectivity index (χ3n) is 2.88. The number of nitrogens with one attached hydrogen (secondary N) is 1. The first-order chi connectivity index (χ1) is 7.11. The largest absolute Gasteiger partial charge is 0.481 e. The first-order valence-electron chi connectivity index (χ1n) is 5.43. The van der Waals surface area contributed by atoms with Crippen molar-refractivity contribution in [3.8, 4) is 0 Å². The van der Waals surface area contributed by atoms with E-state index in [0.717, 1.165) is 13.0 Å². The summed E-state index contributed by atoms with van der Waals surface area (Å²) in [5.74, 6) is -1.08. The lowest BCUT2D eigenvalue weighted by Gasteiger charge is -2.29. The number of hydrogen-bond donors (Lipinski definition) is 4. The summed E-state index contributed by atoms with van der Waals surface area (Å²) in [5, 5.41) is 29.5. The van der Waals surface area contributed by atoms with E-state index in [0.29, 0.717) is 25.6 Å². The number of piperidine rings is 1. The lowest BCUT2D eigenvalue weighted by atomic mass is 9.80. The summed E-state index contributed by atoms with van der Waals surface area (Å²) in [6, 6.07) is -0.0185. The van der Waals surface area contributed by atoms with E-state index in [1.165, 1.54) is 0 Å². The number of carbonyl (C=O) groups is 1. The van der Waals surface area contributed by atoms with Crippen molar-refractivity contribution < 1.29 is 19.9 Å². The zero-order valence-corrected chi connectivity index (χ0v) is 8.72. The molecule has 2 unspecified atom stereocenters. The van der Waals surface area contributed by atoms with Crippen LogP contribution in [-0.2, 0) is 4.79 Å². The van der Waals surface area contributed by atoms with Gasteiger partial charge in [0.2, 0.25) is 0 Å². The molecule has 1 saturated heterocycles. The molecule has 0 aromatic carbocycles. The first-order valence-corrected chi connectivity index (χ1v) is 5.43. The van der Waals surface area contributed by atoms with Crippen molar-refractivity contribution in [1.82, 2.24) is 5.32 Å². The van der Waals surface area contributed by atoms with E-state index in [2.05, 4.69) is 5.32 Å². The second kappa shape index (κ2) is 6.10. The Morgan fingerprint density at radius 2 is 2.20 bits per heavy atom.